The van der Waals surface area contributed by atoms with Crippen molar-refractivity contribution in [3.05, 3.63) is 70.2 Å². The summed E-state index contributed by atoms with van der Waals surface area (Å²) in [4.78, 5) is 19.6. The van der Waals surface area contributed by atoms with E-state index in [1.165, 1.54) is 31.0 Å². The van der Waals surface area contributed by atoms with Crippen LogP contribution in [0.3, 0.4) is 0 Å². The van der Waals surface area contributed by atoms with E-state index in [1.807, 2.05) is 37.3 Å². The number of fused-ring (bicyclic) bond motifs is 1. The van der Waals surface area contributed by atoms with Gasteiger partial charge in [-0.3, -0.25) is 13.8 Å². The van der Waals surface area contributed by atoms with Crippen molar-refractivity contribution in [2.75, 3.05) is 18.0 Å². The van der Waals surface area contributed by atoms with Gasteiger partial charge in [-0.05, 0) is 50.5 Å². The molecule has 160 valence electrons. The van der Waals surface area contributed by atoms with Crippen molar-refractivity contribution in [2.24, 2.45) is 0 Å². The Kier molecular flexibility index (Phi) is 5.50. The zero-order valence-electron chi connectivity index (χ0n) is 17.4. The number of rotatable bonds is 6. The molecule has 4 aromatic heterocycles. The first-order valence-electron chi connectivity index (χ1n) is 10.5. The van der Waals surface area contributed by atoms with Crippen molar-refractivity contribution in [3.63, 3.8) is 0 Å². The van der Waals surface area contributed by atoms with Gasteiger partial charge in [-0.2, -0.15) is 0 Å². The molecule has 0 spiro atoms. The number of thioether (sulfide) groups is 1. The summed E-state index contributed by atoms with van der Waals surface area (Å²) in [6, 6.07) is 11.1. The third kappa shape index (κ3) is 4.10. The summed E-state index contributed by atoms with van der Waals surface area (Å²) in [5.41, 5.74) is 2.20. The Labute approximate surface area is 183 Å². The predicted molar refractivity (Wildman–Crippen MR) is 120 cm³/mol. The number of aromatic nitrogens is 5. The largest absolute Gasteiger partial charge is 0.467 e. The molecule has 0 saturated carbocycles. The Bertz CT molecular complexity index is 1240. The molecule has 31 heavy (non-hydrogen) atoms. The SMILES string of the molecule is Cc1cccc2nc(CSc3nnc(N4CCCCC4)n3Cc3ccco3)cc(=O)n12. The van der Waals surface area contributed by atoms with Crippen molar-refractivity contribution < 1.29 is 4.42 Å². The molecule has 1 saturated heterocycles. The minimum atomic E-state index is -0.0650. The summed E-state index contributed by atoms with van der Waals surface area (Å²) < 4.78 is 9.31. The first-order valence-corrected chi connectivity index (χ1v) is 11.5. The van der Waals surface area contributed by atoms with Crippen LogP contribution in [0.25, 0.3) is 5.65 Å². The maximum Gasteiger partial charge on any atom is 0.258 e. The summed E-state index contributed by atoms with van der Waals surface area (Å²) in [6.45, 7) is 4.46. The summed E-state index contributed by atoms with van der Waals surface area (Å²) >= 11 is 1.54. The molecule has 1 aliphatic heterocycles. The van der Waals surface area contributed by atoms with Crippen LogP contribution in [0.4, 0.5) is 5.95 Å². The maximum atomic E-state index is 12.6. The molecule has 0 amide bonds. The van der Waals surface area contributed by atoms with E-state index in [4.69, 9.17) is 4.42 Å². The van der Waals surface area contributed by atoms with Crippen LogP contribution in [-0.4, -0.2) is 37.2 Å². The van der Waals surface area contributed by atoms with Crippen LogP contribution in [0, 0.1) is 6.92 Å². The van der Waals surface area contributed by atoms with E-state index in [0.717, 1.165) is 41.3 Å². The number of anilines is 1. The highest BCUT2D eigenvalue weighted by atomic mass is 32.2. The van der Waals surface area contributed by atoms with Gasteiger partial charge in [0.25, 0.3) is 5.56 Å². The Hall–Kier alpha value is -3.07. The molecular weight excluding hydrogens is 412 g/mol. The topological polar surface area (TPSA) is 81.5 Å². The molecule has 0 aliphatic carbocycles. The van der Waals surface area contributed by atoms with E-state index in [2.05, 4.69) is 24.6 Å². The predicted octanol–water partition coefficient (Wildman–Crippen LogP) is 3.52. The number of nitrogens with zero attached hydrogens (tertiary/aromatic N) is 6. The minimum absolute atomic E-state index is 0.0650. The zero-order chi connectivity index (χ0) is 21.2. The summed E-state index contributed by atoms with van der Waals surface area (Å²) in [5, 5.41) is 9.76. The third-order valence-corrected chi connectivity index (χ3v) is 6.51. The molecule has 0 radical (unpaired) electrons. The molecule has 9 heteroatoms. The molecular formula is C22H24N6O2S. The second-order valence-corrected chi connectivity index (χ2v) is 8.67. The van der Waals surface area contributed by atoms with E-state index in [1.54, 1.807) is 16.7 Å². The van der Waals surface area contributed by atoms with Crippen LogP contribution >= 0.6 is 11.8 Å². The Morgan fingerprint density at radius 1 is 1.10 bits per heavy atom. The van der Waals surface area contributed by atoms with Gasteiger partial charge >= 0.3 is 0 Å². The molecule has 0 bridgehead atoms. The number of aryl methyl sites for hydroxylation is 1. The Balaban J connectivity index is 1.43. The lowest BCUT2D eigenvalue weighted by molar-refractivity contribution is 0.479. The van der Waals surface area contributed by atoms with Gasteiger partial charge in [0.15, 0.2) is 5.16 Å². The number of pyridine rings is 1. The van der Waals surface area contributed by atoms with Crippen molar-refractivity contribution in [3.8, 4) is 0 Å². The second-order valence-electron chi connectivity index (χ2n) is 7.73. The van der Waals surface area contributed by atoms with Gasteiger partial charge in [-0.1, -0.05) is 17.8 Å². The van der Waals surface area contributed by atoms with E-state index in [0.29, 0.717) is 17.9 Å². The van der Waals surface area contributed by atoms with Crippen LogP contribution in [0.15, 0.2) is 57.0 Å². The van der Waals surface area contributed by atoms with Gasteiger partial charge in [0.1, 0.15) is 11.4 Å². The van der Waals surface area contributed by atoms with Crippen LogP contribution in [0.1, 0.15) is 36.4 Å². The van der Waals surface area contributed by atoms with Crippen LogP contribution < -0.4 is 10.5 Å². The van der Waals surface area contributed by atoms with Crippen molar-refractivity contribution >= 4 is 23.4 Å². The number of hydrogen-bond acceptors (Lipinski definition) is 7. The Morgan fingerprint density at radius 2 is 1.97 bits per heavy atom. The fourth-order valence-corrected chi connectivity index (χ4v) is 4.81. The standard InChI is InChI=1S/C22H24N6O2S/c1-16-7-5-9-19-23-17(13-20(29)28(16)19)15-31-22-25-24-21(26-10-3-2-4-11-26)27(22)14-18-8-6-12-30-18/h5-9,12-13H,2-4,10-11,14-15H2,1H3. The minimum Gasteiger partial charge on any atom is -0.467 e. The van der Waals surface area contributed by atoms with E-state index >= 15 is 0 Å². The molecule has 0 unspecified atom stereocenters. The Morgan fingerprint density at radius 3 is 2.77 bits per heavy atom. The smallest absolute Gasteiger partial charge is 0.258 e. The first-order chi connectivity index (χ1) is 15.2. The lowest BCUT2D eigenvalue weighted by Gasteiger charge is -2.27. The van der Waals surface area contributed by atoms with Crippen LogP contribution in [0.5, 0.6) is 0 Å². The summed E-state index contributed by atoms with van der Waals surface area (Å²) in [5.74, 6) is 2.27. The van der Waals surface area contributed by atoms with Gasteiger partial charge in [0, 0.05) is 30.6 Å². The highest BCUT2D eigenvalue weighted by molar-refractivity contribution is 7.98. The van der Waals surface area contributed by atoms with Gasteiger partial charge in [0.05, 0.1) is 18.5 Å². The summed E-state index contributed by atoms with van der Waals surface area (Å²) in [6.07, 6.45) is 5.27. The molecule has 5 rings (SSSR count). The van der Waals surface area contributed by atoms with Gasteiger partial charge in [0.2, 0.25) is 5.95 Å². The molecule has 4 aromatic rings. The van der Waals surface area contributed by atoms with Gasteiger partial charge in [-0.15, -0.1) is 10.2 Å². The average molecular weight is 437 g/mol. The zero-order valence-corrected chi connectivity index (χ0v) is 18.2. The number of hydrogen-bond donors (Lipinski definition) is 0. The fraction of sp³-hybridized carbons (Fsp3) is 0.364. The number of piperidine rings is 1. The fourth-order valence-electron chi connectivity index (χ4n) is 3.99. The van der Waals surface area contributed by atoms with Crippen molar-refractivity contribution in [1.82, 2.24) is 24.1 Å². The molecule has 8 nitrogen and oxygen atoms in total. The van der Waals surface area contributed by atoms with E-state index < -0.39 is 0 Å². The van der Waals surface area contributed by atoms with Crippen molar-refractivity contribution in [1.29, 1.82) is 0 Å². The van der Waals surface area contributed by atoms with E-state index in [-0.39, 0.29) is 5.56 Å². The quantitative estimate of drug-likeness (QED) is 0.428. The molecule has 0 aromatic carbocycles. The average Bonchev–Trinajstić information content (AvgIpc) is 3.43. The molecule has 1 fully saturated rings. The van der Waals surface area contributed by atoms with Gasteiger partial charge < -0.3 is 9.32 Å². The molecule has 0 atom stereocenters. The molecule has 1 aliphatic rings. The van der Waals surface area contributed by atoms with E-state index in [9.17, 15) is 4.79 Å². The van der Waals surface area contributed by atoms with Gasteiger partial charge in [-0.25, -0.2) is 4.98 Å². The van der Waals surface area contributed by atoms with Crippen molar-refractivity contribution in [2.45, 2.75) is 43.6 Å². The summed E-state index contributed by atoms with van der Waals surface area (Å²) in [7, 11) is 0. The maximum absolute atomic E-state index is 12.6. The molecule has 5 heterocycles. The van der Waals surface area contributed by atoms with Crippen LogP contribution in [-0.2, 0) is 12.3 Å². The lowest BCUT2D eigenvalue weighted by Crippen LogP contribution is -2.32. The monoisotopic (exact) mass is 436 g/mol. The highest BCUT2D eigenvalue weighted by Crippen LogP contribution is 2.27. The second kappa shape index (κ2) is 8.58. The first kappa shape index (κ1) is 19.9. The molecule has 0 N–H and O–H groups in total. The highest BCUT2D eigenvalue weighted by Gasteiger charge is 2.21. The number of furan rings is 1. The normalized spacial score (nSPS) is 14.4. The lowest BCUT2D eigenvalue weighted by atomic mass is 10.1. The third-order valence-electron chi connectivity index (χ3n) is 5.51. The van der Waals surface area contributed by atoms with Crippen LogP contribution in [0.2, 0.25) is 0 Å².